The first-order chi connectivity index (χ1) is 14.3. The van der Waals surface area contributed by atoms with Crippen molar-refractivity contribution >= 4 is 29.4 Å². The number of halogens is 1. The van der Waals surface area contributed by atoms with E-state index in [-0.39, 0.29) is 23.4 Å². The Morgan fingerprint density at radius 3 is 2.60 bits per heavy atom. The number of nitrogens with zero attached hydrogens (tertiary/aromatic N) is 2. The quantitative estimate of drug-likeness (QED) is 0.472. The number of aromatic nitrogens is 2. The lowest BCUT2D eigenvalue weighted by Gasteiger charge is -2.05. The minimum Gasteiger partial charge on any atom is -0.461 e. The van der Waals surface area contributed by atoms with Crippen molar-refractivity contribution in [2.75, 3.05) is 6.61 Å². The topological polar surface area (TPSA) is 117 Å². The van der Waals surface area contributed by atoms with Crippen LogP contribution in [0.15, 0.2) is 41.1 Å². The fourth-order valence-corrected chi connectivity index (χ4v) is 3.19. The molecular weight excluding hydrogens is 410 g/mol. The number of carbonyl (C=O) groups excluding carboxylic acids is 3. The molecule has 0 spiro atoms. The van der Waals surface area contributed by atoms with Gasteiger partial charge in [-0.3, -0.25) is 9.36 Å². The van der Waals surface area contributed by atoms with Crippen LogP contribution in [0.2, 0.25) is 5.02 Å². The third-order valence-electron chi connectivity index (χ3n) is 4.88. The molecule has 3 aromatic rings. The number of esters is 1. The predicted octanol–water partition coefficient (Wildman–Crippen LogP) is 3.83. The van der Waals surface area contributed by atoms with E-state index in [1.165, 1.54) is 12.3 Å². The van der Waals surface area contributed by atoms with Crippen LogP contribution in [0.1, 0.15) is 45.0 Å². The molecule has 1 aromatic carbocycles. The molecule has 0 unspecified atom stereocenters. The minimum absolute atomic E-state index is 0.0914. The van der Waals surface area contributed by atoms with Crippen molar-refractivity contribution in [2.24, 2.45) is 11.7 Å². The lowest BCUT2D eigenvalue weighted by molar-refractivity contribution is 0.0476. The SMILES string of the molecule is Cc1onc(-c2ccc(Cl)cc2)c1C(=O)c1cc(C(=O)OCC2CC2)n(C(N)=O)c1. The lowest BCUT2D eigenvalue weighted by Crippen LogP contribution is -2.24. The largest absolute Gasteiger partial charge is 0.461 e. The minimum atomic E-state index is -0.896. The number of ketones is 1. The summed E-state index contributed by atoms with van der Waals surface area (Å²) in [5, 5.41) is 4.53. The number of rotatable bonds is 6. The van der Waals surface area contributed by atoms with E-state index in [9.17, 15) is 14.4 Å². The first-order valence-electron chi connectivity index (χ1n) is 9.31. The molecule has 0 radical (unpaired) electrons. The van der Waals surface area contributed by atoms with Gasteiger partial charge in [0.25, 0.3) is 0 Å². The van der Waals surface area contributed by atoms with Gasteiger partial charge in [0.2, 0.25) is 0 Å². The average Bonchev–Trinajstić information content (AvgIpc) is 3.30. The van der Waals surface area contributed by atoms with Crippen molar-refractivity contribution in [2.45, 2.75) is 19.8 Å². The van der Waals surface area contributed by atoms with E-state index in [0.717, 1.165) is 17.4 Å². The van der Waals surface area contributed by atoms with Crippen molar-refractivity contribution in [1.82, 2.24) is 9.72 Å². The summed E-state index contributed by atoms with van der Waals surface area (Å²) in [7, 11) is 0. The number of primary amides is 1. The lowest BCUT2D eigenvalue weighted by atomic mass is 9.99. The Balaban J connectivity index is 1.69. The number of amides is 1. The maximum absolute atomic E-state index is 13.2. The summed E-state index contributed by atoms with van der Waals surface area (Å²) in [6.07, 6.45) is 3.23. The van der Waals surface area contributed by atoms with Gasteiger partial charge in [-0.15, -0.1) is 0 Å². The van der Waals surface area contributed by atoms with Crippen LogP contribution in [0.4, 0.5) is 4.79 Å². The molecule has 1 aliphatic rings. The molecule has 0 bridgehead atoms. The fourth-order valence-electron chi connectivity index (χ4n) is 3.07. The third-order valence-corrected chi connectivity index (χ3v) is 5.14. The van der Waals surface area contributed by atoms with Gasteiger partial charge in [-0.25, -0.2) is 9.59 Å². The number of benzene rings is 1. The van der Waals surface area contributed by atoms with E-state index in [0.29, 0.717) is 28.0 Å². The van der Waals surface area contributed by atoms with E-state index in [4.69, 9.17) is 26.6 Å². The maximum atomic E-state index is 13.2. The molecule has 4 rings (SSSR count). The Morgan fingerprint density at radius 1 is 1.27 bits per heavy atom. The molecule has 0 aliphatic heterocycles. The summed E-state index contributed by atoms with van der Waals surface area (Å²) < 4.78 is 11.4. The monoisotopic (exact) mass is 427 g/mol. The van der Waals surface area contributed by atoms with Gasteiger partial charge in [0.15, 0.2) is 5.78 Å². The van der Waals surface area contributed by atoms with E-state index in [2.05, 4.69) is 5.16 Å². The van der Waals surface area contributed by atoms with Crippen molar-refractivity contribution in [3.05, 3.63) is 64.1 Å². The predicted molar refractivity (Wildman–Crippen MR) is 108 cm³/mol. The molecule has 2 heterocycles. The molecule has 0 atom stereocenters. The van der Waals surface area contributed by atoms with Crippen molar-refractivity contribution < 1.29 is 23.6 Å². The molecule has 9 heteroatoms. The molecule has 30 heavy (non-hydrogen) atoms. The zero-order valence-corrected chi connectivity index (χ0v) is 16.8. The molecule has 1 fully saturated rings. The highest BCUT2D eigenvalue weighted by atomic mass is 35.5. The number of nitrogens with two attached hydrogens (primary N) is 1. The highest BCUT2D eigenvalue weighted by Gasteiger charge is 2.28. The van der Waals surface area contributed by atoms with Crippen molar-refractivity contribution in [3.63, 3.8) is 0 Å². The first kappa shape index (κ1) is 19.9. The second kappa shape index (κ2) is 7.79. The molecule has 2 N–H and O–H groups in total. The summed E-state index contributed by atoms with van der Waals surface area (Å²) in [5.74, 6) is -0.516. The molecule has 8 nitrogen and oxygen atoms in total. The second-order valence-corrected chi connectivity index (χ2v) is 7.60. The number of hydrogen-bond donors (Lipinski definition) is 1. The van der Waals surface area contributed by atoms with Gasteiger partial charge in [-0.05, 0) is 43.9 Å². The Labute approximate surface area is 176 Å². The Kier molecular flexibility index (Phi) is 5.17. The normalized spacial score (nSPS) is 13.3. The van der Waals surface area contributed by atoms with Gasteiger partial charge in [-0.2, -0.15) is 0 Å². The third kappa shape index (κ3) is 3.86. The Morgan fingerprint density at radius 2 is 1.97 bits per heavy atom. The van der Waals surface area contributed by atoms with Gasteiger partial charge >= 0.3 is 12.0 Å². The van der Waals surface area contributed by atoms with Crippen LogP contribution in [0.5, 0.6) is 0 Å². The van der Waals surface area contributed by atoms with Gasteiger partial charge in [0.05, 0.1) is 12.2 Å². The van der Waals surface area contributed by atoms with Gasteiger partial charge in [-0.1, -0.05) is 28.9 Å². The fraction of sp³-hybridized carbons (Fsp3) is 0.238. The van der Waals surface area contributed by atoms with Crippen LogP contribution in [0, 0.1) is 12.8 Å². The average molecular weight is 428 g/mol. The van der Waals surface area contributed by atoms with Gasteiger partial charge < -0.3 is 15.0 Å². The zero-order valence-electron chi connectivity index (χ0n) is 16.1. The van der Waals surface area contributed by atoms with Crippen molar-refractivity contribution in [1.29, 1.82) is 0 Å². The zero-order chi connectivity index (χ0) is 21.4. The smallest absolute Gasteiger partial charge is 0.355 e. The standard InChI is InChI=1S/C21H18ClN3O5/c1-11-17(18(24-30-11)13-4-6-15(22)7-5-13)19(26)14-8-16(25(9-14)21(23)28)20(27)29-10-12-2-3-12/h4-9,12H,2-3,10H2,1H3,(H2,23,28). The van der Waals surface area contributed by atoms with Crippen LogP contribution in [0.3, 0.4) is 0 Å². The maximum Gasteiger partial charge on any atom is 0.355 e. The molecule has 1 aliphatic carbocycles. The Hall–Kier alpha value is -3.39. The number of aryl methyl sites for hydroxylation is 1. The Bertz CT molecular complexity index is 1140. The summed E-state index contributed by atoms with van der Waals surface area (Å²) in [6.45, 7) is 1.88. The van der Waals surface area contributed by atoms with E-state index >= 15 is 0 Å². The molecule has 154 valence electrons. The van der Waals surface area contributed by atoms with Crippen LogP contribution in [-0.4, -0.2) is 34.1 Å². The highest BCUT2D eigenvalue weighted by Crippen LogP contribution is 2.30. The summed E-state index contributed by atoms with van der Waals surface area (Å²) in [5.41, 5.74) is 6.56. The van der Waals surface area contributed by atoms with Crippen LogP contribution >= 0.6 is 11.6 Å². The summed E-state index contributed by atoms with van der Waals surface area (Å²) >= 11 is 5.93. The van der Waals surface area contributed by atoms with E-state index < -0.39 is 17.8 Å². The van der Waals surface area contributed by atoms with E-state index in [1.54, 1.807) is 31.2 Å². The number of carbonyl (C=O) groups is 3. The van der Waals surface area contributed by atoms with Gasteiger partial charge in [0.1, 0.15) is 17.1 Å². The highest BCUT2D eigenvalue weighted by molar-refractivity contribution is 6.30. The van der Waals surface area contributed by atoms with E-state index in [1.807, 2.05) is 0 Å². The summed E-state index contributed by atoms with van der Waals surface area (Å²) in [6, 6.07) is 7.17. The first-order valence-corrected chi connectivity index (χ1v) is 9.69. The molecule has 1 amide bonds. The molecule has 0 saturated heterocycles. The second-order valence-electron chi connectivity index (χ2n) is 7.16. The van der Waals surface area contributed by atoms with Crippen molar-refractivity contribution in [3.8, 4) is 11.3 Å². The molecule has 2 aromatic heterocycles. The molecule has 1 saturated carbocycles. The van der Waals surface area contributed by atoms with Crippen LogP contribution < -0.4 is 5.73 Å². The molecular formula is C21H18ClN3O5. The van der Waals surface area contributed by atoms with Crippen LogP contribution in [0.25, 0.3) is 11.3 Å². The summed E-state index contributed by atoms with van der Waals surface area (Å²) in [4.78, 5) is 37.4. The van der Waals surface area contributed by atoms with Gasteiger partial charge in [0, 0.05) is 22.3 Å². The van der Waals surface area contributed by atoms with Crippen LogP contribution in [-0.2, 0) is 4.74 Å². The number of hydrogen-bond acceptors (Lipinski definition) is 6. The number of ether oxygens (including phenoxy) is 1.